The first-order valence-corrected chi connectivity index (χ1v) is 10.6. The third-order valence-corrected chi connectivity index (χ3v) is 8.40. The Balaban J connectivity index is 1.83. The molecule has 3 aliphatic carbocycles. The number of aryl methyl sites for hydroxylation is 1. The number of aliphatic hydroxyl groups is 1. The predicted molar refractivity (Wildman–Crippen MR) is 103 cm³/mol. The summed E-state index contributed by atoms with van der Waals surface area (Å²) in [6.07, 6.45) is -2.93. The first-order valence-electron chi connectivity index (χ1n) is 10.3. The van der Waals surface area contributed by atoms with Crippen LogP contribution in [-0.4, -0.2) is 27.9 Å². The Morgan fingerprint density at radius 1 is 1.17 bits per heavy atom. The van der Waals surface area contributed by atoms with E-state index >= 15 is 0 Å². The molecule has 3 aliphatic rings. The van der Waals surface area contributed by atoms with E-state index < -0.39 is 34.1 Å². The van der Waals surface area contributed by atoms with Gasteiger partial charge in [-0.15, -0.1) is 0 Å². The van der Waals surface area contributed by atoms with Crippen LogP contribution in [0.2, 0.25) is 0 Å². The number of allylic oxidation sites excluding steroid dienone is 1. The normalized spacial score (nSPS) is 36.4. The highest BCUT2D eigenvalue weighted by molar-refractivity contribution is 6.31. The number of halogens is 6. The van der Waals surface area contributed by atoms with E-state index in [1.165, 1.54) is 0 Å². The molecule has 0 unspecified atom stereocenters. The van der Waals surface area contributed by atoms with Gasteiger partial charge in [-0.2, -0.15) is 22.0 Å². The van der Waals surface area contributed by atoms with Crippen molar-refractivity contribution in [2.45, 2.75) is 69.1 Å². The van der Waals surface area contributed by atoms with Gasteiger partial charge in [0.1, 0.15) is 5.75 Å². The number of phenolic OH excluding ortho intramolecular Hbond substituents is 1. The molecule has 30 heavy (non-hydrogen) atoms. The average Bonchev–Trinajstić information content (AvgIpc) is 2.68. The molecule has 2 nitrogen and oxygen atoms in total. The van der Waals surface area contributed by atoms with Crippen LogP contribution >= 0.6 is 11.6 Å². The second-order valence-corrected chi connectivity index (χ2v) is 9.32. The topological polar surface area (TPSA) is 40.5 Å². The Morgan fingerprint density at radius 2 is 1.87 bits per heavy atom. The van der Waals surface area contributed by atoms with E-state index in [1.54, 1.807) is 19.1 Å². The van der Waals surface area contributed by atoms with Gasteiger partial charge in [0.05, 0.1) is 5.03 Å². The van der Waals surface area contributed by atoms with Crippen molar-refractivity contribution in [2.75, 3.05) is 0 Å². The smallest absolute Gasteiger partial charge is 0.456 e. The van der Waals surface area contributed by atoms with E-state index in [1.807, 2.05) is 6.07 Å². The molecule has 8 heteroatoms. The van der Waals surface area contributed by atoms with Crippen LogP contribution in [0.4, 0.5) is 22.0 Å². The fourth-order valence-corrected chi connectivity index (χ4v) is 7.01. The van der Waals surface area contributed by atoms with E-state index in [9.17, 15) is 32.2 Å². The zero-order valence-corrected chi connectivity index (χ0v) is 17.2. The maximum Gasteiger partial charge on any atom is 0.456 e. The third kappa shape index (κ3) is 2.63. The van der Waals surface area contributed by atoms with Crippen molar-refractivity contribution in [3.05, 3.63) is 40.4 Å². The van der Waals surface area contributed by atoms with Crippen LogP contribution in [0.3, 0.4) is 0 Å². The van der Waals surface area contributed by atoms with E-state index in [-0.39, 0.29) is 36.8 Å². The van der Waals surface area contributed by atoms with Crippen molar-refractivity contribution < 1.29 is 32.2 Å². The minimum absolute atomic E-state index is 0.00643. The maximum atomic E-state index is 14.8. The molecular formula is C22H24ClF5O2. The van der Waals surface area contributed by atoms with Crippen molar-refractivity contribution >= 4 is 11.6 Å². The summed E-state index contributed by atoms with van der Waals surface area (Å²) >= 11 is 5.98. The van der Waals surface area contributed by atoms with Crippen molar-refractivity contribution in [3.63, 3.8) is 0 Å². The summed E-state index contributed by atoms with van der Waals surface area (Å²) in [6, 6.07) is 5.09. The minimum atomic E-state index is -5.92. The molecule has 1 fully saturated rings. The lowest BCUT2D eigenvalue weighted by Gasteiger charge is -2.62. The lowest BCUT2D eigenvalue weighted by molar-refractivity contribution is -0.363. The molecule has 0 aliphatic heterocycles. The van der Waals surface area contributed by atoms with Gasteiger partial charge in [-0.3, -0.25) is 0 Å². The van der Waals surface area contributed by atoms with Crippen molar-refractivity contribution in [1.29, 1.82) is 0 Å². The number of hydrogen-bond donors (Lipinski definition) is 2. The average molecular weight is 451 g/mol. The highest BCUT2D eigenvalue weighted by Gasteiger charge is 2.79. The molecule has 1 aromatic rings. The summed E-state index contributed by atoms with van der Waals surface area (Å²) in [7, 11) is 0. The molecule has 0 spiro atoms. The van der Waals surface area contributed by atoms with Crippen LogP contribution < -0.4 is 0 Å². The Labute approximate surface area is 176 Å². The van der Waals surface area contributed by atoms with Gasteiger partial charge in [-0.25, -0.2) is 0 Å². The molecule has 0 bridgehead atoms. The quantitative estimate of drug-likeness (QED) is 0.519. The largest absolute Gasteiger partial charge is 0.508 e. The SMILES string of the molecule is CC[C@]12CC[C@@H]3c4ccc(O)cc4CC[C@H]3[C@@H]1CC=C(Cl)[C@@]2(O)C(F)(F)C(F)(F)F. The van der Waals surface area contributed by atoms with Gasteiger partial charge in [0.15, 0.2) is 5.60 Å². The first-order chi connectivity index (χ1) is 13.9. The summed E-state index contributed by atoms with van der Waals surface area (Å²) in [5.74, 6) is -5.92. The number of aromatic hydroxyl groups is 1. The van der Waals surface area contributed by atoms with Crippen LogP contribution in [0.5, 0.6) is 5.75 Å². The highest BCUT2D eigenvalue weighted by Crippen LogP contribution is 2.69. The van der Waals surface area contributed by atoms with Crippen LogP contribution in [0.25, 0.3) is 0 Å². The zero-order chi connectivity index (χ0) is 22.1. The van der Waals surface area contributed by atoms with E-state index in [0.29, 0.717) is 19.3 Å². The molecule has 0 radical (unpaired) electrons. The molecular weight excluding hydrogens is 427 g/mol. The van der Waals surface area contributed by atoms with Gasteiger partial charge in [-0.05, 0) is 79.5 Å². The minimum Gasteiger partial charge on any atom is -0.508 e. The molecule has 0 amide bonds. The molecule has 0 heterocycles. The van der Waals surface area contributed by atoms with Crippen molar-refractivity contribution in [3.8, 4) is 5.75 Å². The number of rotatable bonds is 2. The fraction of sp³-hybridized carbons (Fsp3) is 0.636. The van der Waals surface area contributed by atoms with Crippen LogP contribution in [0, 0.1) is 17.3 Å². The third-order valence-electron chi connectivity index (χ3n) is 7.98. The molecule has 5 atom stereocenters. The monoisotopic (exact) mass is 450 g/mol. The number of alkyl halides is 5. The van der Waals surface area contributed by atoms with Gasteiger partial charge < -0.3 is 10.2 Å². The van der Waals surface area contributed by atoms with E-state index in [4.69, 9.17) is 11.6 Å². The molecule has 0 aromatic heterocycles. The van der Waals surface area contributed by atoms with Crippen molar-refractivity contribution in [1.82, 2.24) is 0 Å². The second kappa shape index (κ2) is 6.83. The highest BCUT2D eigenvalue weighted by atomic mass is 35.5. The van der Waals surface area contributed by atoms with Gasteiger partial charge in [-0.1, -0.05) is 30.7 Å². The molecule has 1 saturated carbocycles. The Bertz CT molecular complexity index is 883. The number of hydrogen-bond acceptors (Lipinski definition) is 2. The lowest BCUT2D eigenvalue weighted by Crippen LogP contribution is -2.70. The first kappa shape index (κ1) is 21.9. The summed E-state index contributed by atoms with van der Waals surface area (Å²) in [5.41, 5.74) is -3.16. The maximum absolute atomic E-state index is 14.8. The fourth-order valence-electron chi connectivity index (χ4n) is 6.61. The van der Waals surface area contributed by atoms with Gasteiger partial charge in [0.25, 0.3) is 0 Å². The zero-order valence-electron chi connectivity index (χ0n) is 16.4. The summed E-state index contributed by atoms with van der Waals surface area (Å²) in [5, 5.41) is 20.1. The Morgan fingerprint density at radius 3 is 2.50 bits per heavy atom. The number of fused-ring (bicyclic) bond motifs is 5. The predicted octanol–water partition coefficient (Wildman–Crippen LogP) is 6.30. The van der Waals surface area contributed by atoms with Gasteiger partial charge >= 0.3 is 12.1 Å². The lowest BCUT2D eigenvalue weighted by atomic mass is 9.45. The second-order valence-electron chi connectivity index (χ2n) is 8.92. The Kier molecular flexibility index (Phi) is 4.98. The van der Waals surface area contributed by atoms with E-state index in [2.05, 4.69) is 0 Å². The van der Waals surface area contributed by atoms with E-state index in [0.717, 1.165) is 17.2 Å². The van der Waals surface area contributed by atoms with Gasteiger partial charge in [0.2, 0.25) is 0 Å². The van der Waals surface area contributed by atoms with Crippen LogP contribution in [-0.2, 0) is 6.42 Å². The van der Waals surface area contributed by atoms with Gasteiger partial charge in [0, 0.05) is 5.41 Å². The standard InChI is InChI=1S/C22H24ClF5O2/c1-2-19-10-9-15-14-6-4-13(29)11-12(14)3-5-16(15)17(19)7-8-18(23)20(19,30)21(24,25)22(26,27)28/h4,6,8,11,15-17,29-30H,2-3,5,7,9-10H2,1H3/t15-,16-,17+,19+,20+/m1/s1. The molecule has 0 saturated heterocycles. The molecule has 1 aromatic carbocycles. The summed E-state index contributed by atoms with van der Waals surface area (Å²) in [4.78, 5) is 0. The Hall–Kier alpha value is -1.34. The summed E-state index contributed by atoms with van der Waals surface area (Å²) < 4.78 is 70.0. The summed E-state index contributed by atoms with van der Waals surface area (Å²) in [6.45, 7) is 1.56. The van der Waals surface area contributed by atoms with Crippen LogP contribution in [0.1, 0.15) is 56.1 Å². The molecule has 166 valence electrons. The number of phenols is 1. The van der Waals surface area contributed by atoms with Crippen LogP contribution in [0.15, 0.2) is 29.3 Å². The molecule has 2 N–H and O–H groups in total. The molecule has 4 rings (SSSR count). The number of benzene rings is 1. The van der Waals surface area contributed by atoms with Crippen molar-refractivity contribution in [2.24, 2.45) is 17.3 Å².